The standard InChI is InChI=1S/C19H41NO3S/c1-5-6-7-8-9-10-11-12-13-14-15-16-17-20-18(19(2,3)4)24(21,22)23/h18,20H,5-17H2,1-4H3,(H,21,22,23). The van der Waals surface area contributed by atoms with Crippen LogP contribution in [0, 0.1) is 5.41 Å². The van der Waals surface area contributed by atoms with Crippen molar-refractivity contribution in [2.24, 2.45) is 5.41 Å². The molecule has 0 aliphatic rings. The van der Waals surface area contributed by atoms with Gasteiger partial charge in [-0.3, -0.25) is 0 Å². The minimum atomic E-state index is -4.24. The zero-order valence-electron chi connectivity index (χ0n) is 16.5. The van der Waals surface area contributed by atoms with Gasteiger partial charge in [0.1, 0.15) is 10.1 Å². The average Bonchev–Trinajstić information content (AvgIpc) is 2.45. The smallest absolute Gasteiger partial charge is 0.180 e. The van der Waals surface area contributed by atoms with Crippen LogP contribution in [-0.2, 0) is 10.1 Å². The zero-order chi connectivity index (χ0) is 18.5. The van der Waals surface area contributed by atoms with Crippen molar-refractivity contribution < 1.29 is 18.3 Å². The molecule has 0 bridgehead atoms. The molecule has 0 heterocycles. The average molecular weight is 364 g/mol. The van der Waals surface area contributed by atoms with Gasteiger partial charge in [0, 0.05) is 5.41 Å². The molecule has 0 aromatic carbocycles. The van der Waals surface area contributed by atoms with E-state index < -0.39 is 20.9 Å². The van der Waals surface area contributed by atoms with Crippen LogP contribution in [0.15, 0.2) is 0 Å². The summed E-state index contributed by atoms with van der Waals surface area (Å²) in [5.74, 6) is 0. The van der Waals surface area contributed by atoms with Crippen molar-refractivity contribution in [3.05, 3.63) is 0 Å². The monoisotopic (exact) mass is 363 g/mol. The summed E-state index contributed by atoms with van der Waals surface area (Å²) in [5.41, 5.74) is -0.516. The Morgan fingerprint density at radius 1 is 0.792 bits per heavy atom. The number of rotatable bonds is 15. The first-order valence-electron chi connectivity index (χ1n) is 9.97. The highest BCUT2D eigenvalue weighted by Gasteiger charge is 2.33. The Labute approximate surface area is 150 Å². The number of hydrogen-bond donors (Lipinski definition) is 1. The van der Waals surface area contributed by atoms with Crippen LogP contribution in [0.4, 0.5) is 0 Å². The third kappa shape index (κ3) is 13.2. The molecule has 146 valence electrons. The van der Waals surface area contributed by atoms with Gasteiger partial charge in [0.05, 0.1) is 6.54 Å². The molecule has 0 amide bonds. The second-order valence-corrected chi connectivity index (χ2v) is 9.69. The predicted molar refractivity (Wildman–Crippen MR) is 101 cm³/mol. The van der Waals surface area contributed by atoms with E-state index in [0.29, 0.717) is 0 Å². The number of nitrogens with two attached hydrogens (primary N) is 1. The van der Waals surface area contributed by atoms with Crippen molar-refractivity contribution in [3.8, 4) is 0 Å². The molecule has 0 rings (SSSR count). The number of quaternary nitrogens is 1. The van der Waals surface area contributed by atoms with Crippen molar-refractivity contribution in [3.63, 3.8) is 0 Å². The van der Waals surface area contributed by atoms with Crippen LogP contribution >= 0.6 is 0 Å². The molecule has 0 aliphatic heterocycles. The SMILES string of the molecule is CCCCCCCCCCCCCC[NH2+]C(C(C)(C)C)S(=O)(=O)[O-]. The molecule has 5 heteroatoms. The molecule has 0 radical (unpaired) electrons. The van der Waals surface area contributed by atoms with E-state index in [2.05, 4.69) is 6.92 Å². The lowest BCUT2D eigenvalue weighted by molar-refractivity contribution is -0.681. The van der Waals surface area contributed by atoms with Crippen molar-refractivity contribution in [2.75, 3.05) is 6.54 Å². The second-order valence-electron chi connectivity index (χ2n) is 8.19. The summed E-state index contributed by atoms with van der Waals surface area (Å²) >= 11 is 0. The summed E-state index contributed by atoms with van der Waals surface area (Å²) in [6, 6.07) is 0. The molecule has 24 heavy (non-hydrogen) atoms. The Morgan fingerprint density at radius 2 is 1.17 bits per heavy atom. The summed E-state index contributed by atoms with van der Waals surface area (Å²) in [7, 11) is -4.24. The van der Waals surface area contributed by atoms with Crippen LogP contribution in [0.3, 0.4) is 0 Å². The third-order valence-electron chi connectivity index (χ3n) is 4.60. The Bertz CT molecular complexity index is 388. The molecule has 1 unspecified atom stereocenters. The van der Waals surface area contributed by atoms with Gasteiger partial charge in [-0.1, -0.05) is 91.9 Å². The van der Waals surface area contributed by atoms with Gasteiger partial charge in [0.2, 0.25) is 0 Å². The largest absolute Gasteiger partial charge is 0.743 e. The van der Waals surface area contributed by atoms with E-state index in [9.17, 15) is 13.0 Å². The summed E-state index contributed by atoms with van der Waals surface area (Å²) in [6.07, 6.45) is 15.5. The lowest BCUT2D eigenvalue weighted by atomic mass is 9.96. The van der Waals surface area contributed by atoms with E-state index in [4.69, 9.17) is 0 Å². The highest BCUT2D eigenvalue weighted by Crippen LogP contribution is 2.19. The quantitative estimate of drug-likeness (QED) is 0.350. The third-order valence-corrected chi connectivity index (χ3v) is 6.12. The van der Waals surface area contributed by atoms with Crippen molar-refractivity contribution in [1.82, 2.24) is 0 Å². The first-order valence-corrected chi connectivity index (χ1v) is 11.4. The summed E-state index contributed by atoms with van der Waals surface area (Å²) < 4.78 is 34.0. The molecule has 0 saturated carbocycles. The van der Waals surface area contributed by atoms with Gasteiger partial charge in [-0.05, 0) is 12.8 Å². The fourth-order valence-electron chi connectivity index (χ4n) is 3.16. The fourth-order valence-corrected chi connectivity index (χ4v) is 4.40. The topological polar surface area (TPSA) is 73.8 Å². The molecule has 0 aromatic rings. The highest BCUT2D eigenvalue weighted by atomic mass is 32.2. The molecule has 2 N–H and O–H groups in total. The summed E-state index contributed by atoms with van der Waals surface area (Å²) in [4.78, 5) is 0. The predicted octanol–water partition coefficient (Wildman–Crippen LogP) is 4.17. The van der Waals surface area contributed by atoms with Crippen molar-refractivity contribution in [2.45, 2.75) is 110 Å². The van der Waals surface area contributed by atoms with E-state index in [1.807, 2.05) is 20.8 Å². The Hall–Kier alpha value is -0.130. The Kier molecular flexibility index (Phi) is 13.1. The molecular weight excluding hydrogens is 322 g/mol. The normalized spacial score (nSPS) is 14.0. The number of unbranched alkanes of at least 4 members (excludes halogenated alkanes) is 11. The van der Waals surface area contributed by atoms with Crippen LogP contribution in [0.5, 0.6) is 0 Å². The Morgan fingerprint density at radius 3 is 1.50 bits per heavy atom. The minimum absolute atomic E-state index is 0.516. The van der Waals surface area contributed by atoms with E-state index in [1.54, 1.807) is 5.32 Å². The molecule has 0 saturated heterocycles. The Balaban J connectivity index is 3.54. The first kappa shape index (κ1) is 23.9. The lowest BCUT2D eigenvalue weighted by Gasteiger charge is -2.30. The molecule has 0 fully saturated rings. The van der Waals surface area contributed by atoms with Gasteiger partial charge in [-0.2, -0.15) is 0 Å². The van der Waals surface area contributed by atoms with Crippen LogP contribution in [-0.4, -0.2) is 24.9 Å². The molecule has 1 atom stereocenters. The second kappa shape index (κ2) is 13.1. The van der Waals surface area contributed by atoms with E-state index in [0.717, 1.165) is 19.4 Å². The lowest BCUT2D eigenvalue weighted by Crippen LogP contribution is -2.94. The van der Waals surface area contributed by atoms with E-state index >= 15 is 0 Å². The minimum Gasteiger partial charge on any atom is -0.743 e. The van der Waals surface area contributed by atoms with Gasteiger partial charge in [0.25, 0.3) is 0 Å². The van der Waals surface area contributed by atoms with Crippen LogP contribution in [0.1, 0.15) is 105 Å². The van der Waals surface area contributed by atoms with Crippen LogP contribution < -0.4 is 5.32 Å². The molecule has 4 nitrogen and oxygen atoms in total. The van der Waals surface area contributed by atoms with Crippen molar-refractivity contribution in [1.29, 1.82) is 0 Å². The zero-order valence-corrected chi connectivity index (χ0v) is 17.3. The van der Waals surface area contributed by atoms with E-state index in [1.165, 1.54) is 64.2 Å². The maximum absolute atomic E-state index is 11.3. The van der Waals surface area contributed by atoms with Gasteiger partial charge in [-0.15, -0.1) is 0 Å². The summed E-state index contributed by atoms with van der Waals surface area (Å²) in [5, 5.41) is 0.844. The van der Waals surface area contributed by atoms with Crippen molar-refractivity contribution >= 4 is 10.1 Å². The van der Waals surface area contributed by atoms with Gasteiger partial charge < -0.3 is 9.87 Å². The van der Waals surface area contributed by atoms with E-state index in [-0.39, 0.29) is 0 Å². The van der Waals surface area contributed by atoms with Crippen LogP contribution in [0.25, 0.3) is 0 Å². The number of hydrogen-bond acceptors (Lipinski definition) is 3. The van der Waals surface area contributed by atoms with Crippen LogP contribution in [0.2, 0.25) is 0 Å². The van der Waals surface area contributed by atoms with Gasteiger partial charge in [-0.25, -0.2) is 8.42 Å². The summed E-state index contributed by atoms with van der Waals surface area (Å²) in [6.45, 7) is 8.41. The molecule has 0 aromatic heterocycles. The van der Waals surface area contributed by atoms with Gasteiger partial charge in [0.15, 0.2) is 5.37 Å². The highest BCUT2D eigenvalue weighted by molar-refractivity contribution is 7.86. The maximum Gasteiger partial charge on any atom is 0.180 e. The maximum atomic E-state index is 11.3. The molecule has 0 spiro atoms. The molecule has 0 aliphatic carbocycles. The molecular formula is C19H41NO3S. The fraction of sp³-hybridized carbons (Fsp3) is 1.00. The van der Waals surface area contributed by atoms with Gasteiger partial charge >= 0.3 is 0 Å². The first-order chi connectivity index (χ1) is 11.2.